The average molecular weight is 1230 g/mol. The molecule has 28 nitrogen and oxygen atoms in total. The Morgan fingerprint density at radius 2 is 1.30 bits per heavy atom. The zero-order valence-electron chi connectivity index (χ0n) is 48.6. The highest BCUT2D eigenvalue weighted by Gasteiger charge is 2.45. The number of carboxylic acids is 1. The maximum absolute atomic E-state index is 15.2. The summed E-state index contributed by atoms with van der Waals surface area (Å²) in [5, 5.41) is 33.8. The number of aromatic amines is 1. The van der Waals surface area contributed by atoms with Crippen LogP contribution in [-0.4, -0.2) is 209 Å². The lowest BCUT2D eigenvalue weighted by molar-refractivity contribution is -0.148. The van der Waals surface area contributed by atoms with E-state index in [1.54, 1.807) is 39.8 Å². The molecule has 0 aliphatic carbocycles. The highest BCUT2D eigenvalue weighted by atomic mass is 32.2. The van der Waals surface area contributed by atoms with Gasteiger partial charge in [0.15, 0.2) is 11.6 Å². The number of ketones is 3. The van der Waals surface area contributed by atoms with Crippen LogP contribution < -0.4 is 26.6 Å². The molecular weight excluding hydrogens is 1160 g/mol. The Balaban J connectivity index is 1.28. The van der Waals surface area contributed by atoms with Crippen molar-refractivity contribution in [1.29, 1.82) is 0 Å². The first-order chi connectivity index (χ1) is 41.3. The van der Waals surface area contributed by atoms with E-state index in [4.69, 9.17) is 0 Å². The van der Waals surface area contributed by atoms with Gasteiger partial charge in [-0.1, -0.05) is 46.6 Å². The molecule has 1 saturated heterocycles. The zero-order valence-corrected chi connectivity index (χ0v) is 49.4. The van der Waals surface area contributed by atoms with Gasteiger partial charge in [-0.3, -0.25) is 85.9 Å². The van der Waals surface area contributed by atoms with Crippen LogP contribution in [0.1, 0.15) is 90.2 Å². The normalized spacial score (nSPS) is 25.4. The summed E-state index contributed by atoms with van der Waals surface area (Å²) >= 11 is 0. The monoisotopic (exact) mass is 1230 g/mol. The number of Topliss-reactive ketones (excluding diaryl/α,β-unsaturated/α-hetero) is 3. The van der Waals surface area contributed by atoms with Gasteiger partial charge >= 0.3 is 5.97 Å². The highest BCUT2D eigenvalue weighted by Crippen LogP contribution is 2.32. The van der Waals surface area contributed by atoms with Crippen molar-refractivity contribution in [3.63, 3.8) is 0 Å². The minimum Gasteiger partial charge on any atom is -0.481 e. The van der Waals surface area contributed by atoms with E-state index >= 15 is 4.21 Å². The number of nitrogens with one attached hydrogen (secondary N) is 6. The van der Waals surface area contributed by atoms with Crippen LogP contribution in [0.5, 0.6) is 0 Å². The molecule has 1 aromatic heterocycles. The number of carboxylic acid groups (broad SMARTS) is 1. The number of hydrogen-bond donors (Lipinski definition) is 8. The van der Waals surface area contributed by atoms with Crippen molar-refractivity contribution in [1.82, 2.24) is 51.2 Å². The molecular formula is C58H72N10O18S. The molecule has 1 fully saturated rings. The number of aromatic nitrogens is 1. The molecule has 8 N–H and O–H groups in total. The Hall–Kier alpha value is -8.60. The van der Waals surface area contributed by atoms with Crippen LogP contribution in [0.4, 0.5) is 0 Å². The van der Waals surface area contributed by atoms with Crippen molar-refractivity contribution in [2.24, 2.45) is 23.7 Å². The molecule has 0 radical (unpaired) electrons. The molecule has 87 heavy (non-hydrogen) atoms. The number of benzene rings is 1. The molecule has 2 bridgehead atoms. The van der Waals surface area contributed by atoms with E-state index in [-0.39, 0.29) is 79.8 Å². The minimum absolute atomic E-state index is 0.110. The summed E-state index contributed by atoms with van der Waals surface area (Å²) < 4.78 is 15.2. The van der Waals surface area contributed by atoms with E-state index in [9.17, 15) is 82.1 Å². The second kappa shape index (κ2) is 29.2. The summed E-state index contributed by atoms with van der Waals surface area (Å²) in [7, 11) is -2.42. The Bertz CT molecular complexity index is 3160. The lowest BCUT2D eigenvalue weighted by atomic mass is 9.86. The van der Waals surface area contributed by atoms with Gasteiger partial charge in [-0.05, 0) is 41.5 Å². The van der Waals surface area contributed by atoms with Crippen LogP contribution in [0.25, 0.3) is 10.9 Å². The Morgan fingerprint density at radius 1 is 0.713 bits per heavy atom. The van der Waals surface area contributed by atoms with Gasteiger partial charge in [0.2, 0.25) is 41.4 Å². The molecule has 2 unspecified atom stereocenters. The summed E-state index contributed by atoms with van der Waals surface area (Å²) in [4.78, 5) is 211. The number of carbonyl (C=O) groups is 15. The summed E-state index contributed by atoms with van der Waals surface area (Å²) in [5.74, 6) is -17.3. The van der Waals surface area contributed by atoms with E-state index in [0.29, 0.717) is 12.0 Å². The topological polar surface area (TPSA) is 402 Å². The Labute approximate surface area is 501 Å². The second-order valence-electron chi connectivity index (χ2n) is 22.5. The van der Waals surface area contributed by atoms with Crippen molar-refractivity contribution >= 4 is 110 Å². The number of aliphatic hydroxyl groups excluding tert-OH is 1. The number of aliphatic carboxylic acids is 1. The van der Waals surface area contributed by atoms with E-state index in [2.05, 4.69) is 31.6 Å². The third-order valence-corrected chi connectivity index (χ3v) is 17.9. The van der Waals surface area contributed by atoms with Gasteiger partial charge in [0, 0.05) is 112 Å². The number of carbonyl (C=O) groups excluding carboxylic acids is 14. The van der Waals surface area contributed by atoms with Crippen LogP contribution in [0.15, 0.2) is 47.5 Å². The van der Waals surface area contributed by atoms with Gasteiger partial charge in [0.25, 0.3) is 23.6 Å². The summed E-state index contributed by atoms with van der Waals surface area (Å²) in [6.45, 7) is 3.97. The van der Waals surface area contributed by atoms with Crippen LogP contribution in [0, 0.1) is 23.7 Å². The maximum Gasteiger partial charge on any atom is 0.304 e. The van der Waals surface area contributed by atoms with Gasteiger partial charge in [-0.25, -0.2) is 0 Å². The predicted molar refractivity (Wildman–Crippen MR) is 305 cm³/mol. The van der Waals surface area contributed by atoms with Crippen LogP contribution >= 0.6 is 0 Å². The number of imide groups is 2. The Kier molecular flexibility index (Phi) is 22.1. The van der Waals surface area contributed by atoms with Gasteiger partial charge in [0.05, 0.1) is 60.2 Å². The molecule has 29 heteroatoms. The van der Waals surface area contributed by atoms with Crippen molar-refractivity contribution in [3.8, 4) is 0 Å². The molecule has 0 saturated carbocycles. The predicted octanol–water partition coefficient (Wildman–Crippen LogP) is -2.22. The second-order valence-corrected chi connectivity index (χ2v) is 24.0. The first-order valence-corrected chi connectivity index (χ1v) is 30.2. The zero-order chi connectivity index (χ0) is 63.6. The first kappa shape index (κ1) is 65.9. The number of amides is 11. The molecule has 2 aromatic rings. The smallest absolute Gasteiger partial charge is 0.304 e. The lowest BCUT2D eigenvalue weighted by Gasteiger charge is -2.31. The molecule has 10 atom stereocenters. The largest absolute Gasteiger partial charge is 0.481 e. The van der Waals surface area contributed by atoms with Gasteiger partial charge < -0.3 is 51.6 Å². The number of aliphatic hydroxyl groups is 1. The quantitative estimate of drug-likeness (QED) is 0.0778. The molecule has 0 spiro atoms. The summed E-state index contributed by atoms with van der Waals surface area (Å²) in [6.07, 6.45) is -0.728. The van der Waals surface area contributed by atoms with E-state index in [1.807, 2.05) is 0 Å². The van der Waals surface area contributed by atoms with Crippen molar-refractivity contribution in [3.05, 3.63) is 53.6 Å². The minimum atomic E-state index is -2.42. The Morgan fingerprint density at radius 3 is 1.90 bits per heavy atom. The summed E-state index contributed by atoms with van der Waals surface area (Å²) in [5.41, 5.74) is 0.707. The lowest BCUT2D eigenvalue weighted by Crippen LogP contribution is -2.55. The van der Waals surface area contributed by atoms with Gasteiger partial charge in [-0.15, -0.1) is 0 Å². The van der Waals surface area contributed by atoms with E-state index < -0.39 is 204 Å². The molecule has 11 amide bonds. The molecule has 5 aliphatic rings. The average Bonchev–Trinajstić information content (AvgIpc) is 1.77. The van der Waals surface area contributed by atoms with Crippen LogP contribution in [0.2, 0.25) is 0 Å². The fraction of sp³-hybridized carbons (Fsp3) is 0.534. The van der Waals surface area contributed by atoms with Gasteiger partial charge in [-0.2, -0.15) is 0 Å². The highest BCUT2D eigenvalue weighted by molar-refractivity contribution is 7.85. The van der Waals surface area contributed by atoms with E-state index in [0.717, 1.165) is 39.0 Å². The number of fused-ring (bicyclic) bond motifs is 5. The summed E-state index contributed by atoms with van der Waals surface area (Å²) in [6, 6.07) is -1.26. The maximum atomic E-state index is 15.2. The first-order valence-electron chi connectivity index (χ1n) is 28.9. The van der Waals surface area contributed by atoms with Gasteiger partial charge in [0.1, 0.15) is 22.9 Å². The molecule has 6 heterocycles. The third-order valence-electron chi connectivity index (χ3n) is 16.4. The number of rotatable bonds is 17. The molecule has 468 valence electrons. The van der Waals surface area contributed by atoms with Crippen LogP contribution in [-0.2, 0) is 95.6 Å². The molecule has 5 aliphatic heterocycles. The standard InChI is InChI=1S/C58H72N10O18S/c1-5-30(3)52-43(72)22-33-21-38-37-20-32(19-35(69)8-10-46(75)65(15-17-66-47(76)11-12-48(66)77)16-18-67-49(78)13-14-50(67)79)7-9-39(37)62-57(38)87(86)29-40(61-44(73)26-60-56(84)53(31(4)6-2)63-45(74)27-59-54(33)82)42(71)23-34(24-51(80)81)58(85)68-28-36(70)25-41(68)55(83)64-52/h7,9,11-14,20,30-31,33-34,36,40-41,52-53,62,70H,5-6,8,10,15-19,21-29H2,1-4H3,(H,59,82)(H,60,84)(H,61,73)(H,63,74)(H,64,83)(H,80,81)/t30?,31-,33+,34-,36+,40-,41-,52-,53-,87?/m0/s1. The fourth-order valence-corrected chi connectivity index (χ4v) is 12.5. The number of H-pyrrole nitrogens is 1. The SMILES string of the molecule is CCC(C)[C@@H]1NC(=O)[C@@H]2C[C@@H](O)CN2C(=O)[C@H](CC(=O)O)CC(=O)[C@@H]2CS(=O)c3[nH]c4ccc(CC(=O)CCC(=O)N(CCN5C(=O)C=CC5=O)CCN5C(=O)C=CC5=O)cc4c3C[C@H](CC1=O)C(=O)NCC(=O)N[C@@H]([C@@H](C)CC)C(=O)NCC(=O)N2. The van der Waals surface area contributed by atoms with E-state index in [1.165, 1.54) is 11.0 Å². The number of hydrogen-bond acceptors (Lipinski definition) is 17. The van der Waals surface area contributed by atoms with Crippen molar-refractivity contribution in [2.75, 3.05) is 51.6 Å². The molecule has 1 aromatic carbocycles. The third kappa shape index (κ3) is 16.5. The van der Waals surface area contributed by atoms with Crippen molar-refractivity contribution in [2.45, 2.75) is 127 Å². The fourth-order valence-electron chi connectivity index (χ4n) is 11.1. The van der Waals surface area contributed by atoms with Crippen molar-refractivity contribution < 1.29 is 86.3 Å². The molecule has 7 rings (SSSR count). The van der Waals surface area contributed by atoms with Crippen LogP contribution in [0.3, 0.4) is 0 Å². The number of nitrogens with zero attached hydrogens (tertiary/aromatic N) is 4.